The molecule has 6 heteroatoms. The molecule has 5 nitrogen and oxygen atoms in total. The Hall–Kier alpha value is 0.0700. The molecule has 0 atom stereocenters. The van der Waals surface area contributed by atoms with Crippen LogP contribution in [0.3, 0.4) is 0 Å². The quantitative estimate of drug-likeness (QED) is 0.238. The molecule has 0 spiro atoms. The molecule has 0 aromatic rings. The Kier molecular flexibility index (Phi) is 18.7. The summed E-state index contributed by atoms with van der Waals surface area (Å²) in [4.78, 5) is 24.0. The third-order valence-corrected chi connectivity index (χ3v) is 5.22. The summed E-state index contributed by atoms with van der Waals surface area (Å²) in [6.07, 6.45) is 19.7. The average Bonchev–Trinajstić information content (AvgIpc) is 2.52. The zero-order valence-electron chi connectivity index (χ0n) is 18.0. The third kappa shape index (κ3) is 22.1. The van der Waals surface area contributed by atoms with Crippen molar-refractivity contribution in [3.63, 3.8) is 0 Å². The Bertz CT molecular complexity index is 320. The zero-order chi connectivity index (χ0) is 20.5. The minimum atomic E-state index is -4.64. The van der Waals surface area contributed by atoms with E-state index < -0.39 is 7.82 Å². The highest BCUT2D eigenvalue weighted by molar-refractivity contribution is 7.45. The molecule has 0 saturated heterocycles. The number of hydrogen-bond acceptors (Lipinski definition) is 2. The Morgan fingerprint density at radius 2 is 0.962 bits per heavy atom. The Labute approximate surface area is 162 Å². The van der Waals surface area contributed by atoms with Gasteiger partial charge in [0.15, 0.2) is 0 Å². The SMILES string of the molecule is CCCCCCCCC(C)(CCCCCCCC)N(C)C.O=P(O)(O)O. The smallest absolute Gasteiger partial charge is 0.304 e. The lowest BCUT2D eigenvalue weighted by Crippen LogP contribution is -2.41. The van der Waals surface area contributed by atoms with Crippen molar-refractivity contribution in [3.05, 3.63) is 0 Å². The van der Waals surface area contributed by atoms with Gasteiger partial charge in [0.2, 0.25) is 0 Å². The molecular formula is C20H46NO4P. The first-order chi connectivity index (χ1) is 12.1. The summed E-state index contributed by atoms with van der Waals surface area (Å²) in [6, 6.07) is 0. The molecule has 0 unspecified atom stereocenters. The summed E-state index contributed by atoms with van der Waals surface area (Å²) in [6.45, 7) is 7.07. The second kappa shape index (κ2) is 17.2. The third-order valence-electron chi connectivity index (χ3n) is 5.22. The van der Waals surface area contributed by atoms with Crippen LogP contribution in [0, 0.1) is 0 Å². The highest BCUT2D eigenvalue weighted by Gasteiger charge is 2.25. The molecule has 0 fully saturated rings. The molecule has 0 amide bonds. The summed E-state index contributed by atoms with van der Waals surface area (Å²) in [5, 5.41) is 0. The molecule has 0 aliphatic carbocycles. The average molecular weight is 396 g/mol. The van der Waals surface area contributed by atoms with Crippen LogP contribution in [0.4, 0.5) is 0 Å². The van der Waals surface area contributed by atoms with E-state index in [4.69, 9.17) is 19.2 Å². The molecular weight excluding hydrogens is 349 g/mol. The second-order valence-electron chi connectivity index (χ2n) is 7.94. The summed E-state index contributed by atoms with van der Waals surface area (Å²) in [7, 11) is -0.0949. The first-order valence-corrected chi connectivity index (χ1v) is 12.1. The van der Waals surface area contributed by atoms with Crippen LogP contribution < -0.4 is 0 Å². The molecule has 0 heterocycles. The monoisotopic (exact) mass is 395 g/mol. The first kappa shape index (κ1) is 28.3. The predicted octanol–water partition coefficient (Wildman–Crippen LogP) is 5.88. The topological polar surface area (TPSA) is 81.0 Å². The van der Waals surface area contributed by atoms with Gasteiger partial charge in [0.05, 0.1) is 0 Å². The maximum Gasteiger partial charge on any atom is 0.466 e. The summed E-state index contributed by atoms with van der Waals surface area (Å²) >= 11 is 0. The van der Waals surface area contributed by atoms with E-state index in [2.05, 4.69) is 39.8 Å². The second-order valence-corrected chi connectivity index (χ2v) is 8.97. The normalized spacial score (nSPS) is 12.2. The molecule has 0 radical (unpaired) electrons. The molecule has 0 bridgehead atoms. The zero-order valence-corrected chi connectivity index (χ0v) is 18.9. The molecule has 0 saturated carbocycles. The minimum absolute atomic E-state index is 0.426. The van der Waals surface area contributed by atoms with Crippen molar-refractivity contribution in [2.45, 2.75) is 116 Å². The van der Waals surface area contributed by atoms with Crippen molar-refractivity contribution in [2.24, 2.45) is 0 Å². The first-order valence-electron chi connectivity index (χ1n) is 10.5. The fourth-order valence-electron chi connectivity index (χ4n) is 3.14. The predicted molar refractivity (Wildman–Crippen MR) is 112 cm³/mol. The van der Waals surface area contributed by atoms with Gasteiger partial charge in [0.25, 0.3) is 0 Å². The van der Waals surface area contributed by atoms with E-state index in [1.165, 1.54) is 89.9 Å². The maximum atomic E-state index is 8.88. The molecule has 0 aliphatic heterocycles. The van der Waals surface area contributed by atoms with Crippen LogP contribution in [0.1, 0.15) is 111 Å². The van der Waals surface area contributed by atoms with Crippen molar-refractivity contribution >= 4 is 7.82 Å². The van der Waals surface area contributed by atoms with Gasteiger partial charge >= 0.3 is 7.82 Å². The number of nitrogens with zero attached hydrogens (tertiary/aromatic N) is 1. The van der Waals surface area contributed by atoms with Crippen LogP contribution in [-0.4, -0.2) is 39.2 Å². The van der Waals surface area contributed by atoms with Gasteiger partial charge in [0.1, 0.15) is 0 Å². The molecule has 0 aromatic heterocycles. The lowest BCUT2D eigenvalue weighted by molar-refractivity contribution is 0.139. The van der Waals surface area contributed by atoms with Gasteiger partial charge in [-0.3, -0.25) is 0 Å². The number of hydrogen-bond donors (Lipinski definition) is 3. The van der Waals surface area contributed by atoms with Crippen LogP contribution in [0.5, 0.6) is 0 Å². The van der Waals surface area contributed by atoms with E-state index in [0.717, 1.165) is 0 Å². The molecule has 0 aromatic carbocycles. The van der Waals surface area contributed by atoms with E-state index >= 15 is 0 Å². The van der Waals surface area contributed by atoms with Gasteiger partial charge in [-0.15, -0.1) is 0 Å². The Morgan fingerprint density at radius 1 is 0.692 bits per heavy atom. The highest BCUT2D eigenvalue weighted by atomic mass is 31.2. The van der Waals surface area contributed by atoms with Crippen molar-refractivity contribution in [3.8, 4) is 0 Å². The molecule has 160 valence electrons. The largest absolute Gasteiger partial charge is 0.466 e. The standard InChI is InChI=1S/C20H43N.H3O4P/c1-6-8-10-12-14-16-18-20(3,21(4)5)19-17-15-13-11-9-7-2;1-5(2,3)4/h6-19H2,1-5H3;(H3,1,2,3,4). The molecule has 3 N–H and O–H groups in total. The van der Waals surface area contributed by atoms with Crippen molar-refractivity contribution in [1.82, 2.24) is 4.90 Å². The highest BCUT2D eigenvalue weighted by Crippen LogP contribution is 2.27. The fourth-order valence-corrected chi connectivity index (χ4v) is 3.14. The van der Waals surface area contributed by atoms with Gasteiger partial charge in [-0.05, 0) is 33.9 Å². The van der Waals surface area contributed by atoms with Crippen LogP contribution in [0.2, 0.25) is 0 Å². The van der Waals surface area contributed by atoms with Crippen molar-refractivity contribution in [2.75, 3.05) is 14.1 Å². The van der Waals surface area contributed by atoms with Gasteiger partial charge in [-0.2, -0.15) is 0 Å². The van der Waals surface area contributed by atoms with Crippen LogP contribution >= 0.6 is 7.82 Å². The van der Waals surface area contributed by atoms with Crippen molar-refractivity contribution < 1.29 is 19.2 Å². The van der Waals surface area contributed by atoms with E-state index in [1.54, 1.807) is 0 Å². The number of unbranched alkanes of at least 4 members (excludes halogenated alkanes) is 10. The van der Waals surface area contributed by atoms with E-state index in [1.807, 2.05) is 0 Å². The fraction of sp³-hybridized carbons (Fsp3) is 1.00. The Balaban J connectivity index is 0. The Morgan fingerprint density at radius 3 is 1.23 bits per heavy atom. The van der Waals surface area contributed by atoms with Gasteiger partial charge in [-0.25, -0.2) is 4.57 Å². The van der Waals surface area contributed by atoms with Crippen molar-refractivity contribution in [1.29, 1.82) is 0 Å². The summed E-state index contributed by atoms with van der Waals surface area (Å²) in [5.41, 5.74) is 0.426. The maximum absolute atomic E-state index is 8.88. The van der Waals surface area contributed by atoms with E-state index in [-0.39, 0.29) is 0 Å². The van der Waals surface area contributed by atoms with Crippen LogP contribution in [-0.2, 0) is 4.57 Å². The summed E-state index contributed by atoms with van der Waals surface area (Å²) < 4.78 is 8.88. The molecule has 0 rings (SSSR count). The minimum Gasteiger partial charge on any atom is -0.304 e. The lowest BCUT2D eigenvalue weighted by atomic mass is 9.87. The van der Waals surface area contributed by atoms with Gasteiger partial charge < -0.3 is 19.6 Å². The summed E-state index contributed by atoms with van der Waals surface area (Å²) in [5.74, 6) is 0. The molecule has 26 heavy (non-hydrogen) atoms. The molecule has 0 aliphatic rings. The van der Waals surface area contributed by atoms with Crippen LogP contribution in [0.15, 0.2) is 0 Å². The lowest BCUT2D eigenvalue weighted by Gasteiger charge is -2.37. The van der Waals surface area contributed by atoms with E-state index in [9.17, 15) is 0 Å². The number of rotatable bonds is 15. The van der Waals surface area contributed by atoms with Gasteiger partial charge in [-0.1, -0.05) is 90.9 Å². The van der Waals surface area contributed by atoms with Gasteiger partial charge in [0, 0.05) is 5.54 Å². The van der Waals surface area contributed by atoms with Crippen LogP contribution in [0.25, 0.3) is 0 Å². The van der Waals surface area contributed by atoms with E-state index in [0.29, 0.717) is 5.54 Å². The number of phosphoric acid groups is 1.